The molecule has 10 heteroatoms. The second-order valence-electron chi connectivity index (χ2n) is 7.16. The van der Waals surface area contributed by atoms with Crippen LogP contribution in [0.3, 0.4) is 0 Å². The van der Waals surface area contributed by atoms with Crippen molar-refractivity contribution in [3.8, 4) is 11.5 Å². The van der Waals surface area contributed by atoms with Gasteiger partial charge in [-0.05, 0) is 29.8 Å². The number of benzene rings is 2. The molecule has 30 heavy (non-hydrogen) atoms. The summed E-state index contributed by atoms with van der Waals surface area (Å²) in [6.45, 7) is 0.767. The van der Waals surface area contributed by atoms with Crippen LogP contribution in [0.5, 0.6) is 11.5 Å². The van der Waals surface area contributed by atoms with E-state index in [4.69, 9.17) is 21.1 Å². The predicted octanol–water partition coefficient (Wildman–Crippen LogP) is 2.94. The summed E-state index contributed by atoms with van der Waals surface area (Å²) in [5, 5.41) is 13.8. The SMILES string of the molecule is O=C1COc2c(Cl)cc(CN3c4ccc(F)cc4OCC3Cc3cn[nH]n3)cc2N1. The summed E-state index contributed by atoms with van der Waals surface area (Å²) >= 11 is 6.39. The van der Waals surface area contributed by atoms with Gasteiger partial charge in [0.05, 0.1) is 34.3 Å². The van der Waals surface area contributed by atoms with E-state index in [1.165, 1.54) is 12.1 Å². The lowest BCUT2D eigenvalue weighted by atomic mass is 10.0. The third-order valence-electron chi connectivity index (χ3n) is 5.09. The van der Waals surface area contributed by atoms with Gasteiger partial charge >= 0.3 is 0 Å². The van der Waals surface area contributed by atoms with Crippen LogP contribution in [0.25, 0.3) is 0 Å². The van der Waals surface area contributed by atoms with Crippen molar-refractivity contribution in [1.29, 1.82) is 0 Å². The number of aromatic amines is 1. The average molecular weight is 430 g/mol. The van der Waals surface area contributed by atoms with E-state index in [-0.39, 0.29) is 24.4 Å². The quantitative estimate of drug-likeness (QED) is 0.662. The molecule has 2 aromatic carbocycles. The van der Waals surface area contributed by atoms with Gasteiger partial charge in [0.2, 0.25) is 0 Å². The number of halogens is 2. The van der Waals surface area contributed by atoms with Gasteiger partial charge in [-0.15, -0.1) is 0 Å². The van der Waals surface area contributed by atoms with Crippen LogP contribution >= 0.6 is 11.6 Å². The van der Waals surface area contributed by atoms with Gasteiger partial charge < -0.3 is 19.7 Å². The largest absolute Gasteiger partial charge is 0.489 e. The van der Waals surface area contributed by atoms with Crippen molar-refractivity contribution in [1.82, 2.24) is 15.4 Å². The zero-order chi connectivity index (χ0) is 20.7. The molecular weight excluding hydrogens is 413 g/mol. The summed E-state index contributed by atoms with van der Waals surface area (Å²) in [5.41, 5.74) is 2.97. The fraction of sp³-hybridized carbons (Fsp3) is 0.250. The van der Waals surface area contributed by atoms with E-state index >= 15 is 0 Å². The van der Waals surface area contributed by atoms with Gasteiger partial charge in [0.15, 0.2) is 12.4 Å². The number of fused-ring (bicyclic) bond motifs is 2. The Labute approximate surface area is 175 Å². The van der Waals surface area contributed by atoms with E-state index in [0.29, 0.717) is 41.8 Å². The highest BCUT2D eigenvalue weighted by atomic mass is 35.5. The van der Waals surface area contributed by atoms with Crippen LogP contribution in [0.1, 0.15) is 11.3 Å². The minimum Gasteiger partial charge on any atom is -0.489 e. The lowest BCUT2D eigenvalue weighted by Gasteiger charge is -2.38. The van der Waals surface area contributed by atoms with Crippen LogP contribution in [0.2, 0.25) is 5.02 Å². The van der Waals surface area contributed by atoms with Crippen LogP contribution in [-0.2, 0) is 17.8 Å². The third-order valence-corrected chi connectivity index (χ3v) is 5.37. The fourth-order valence-electron chi connectivity index (χ4n) is 3.76. The standard InChI is InChI=1S/C20H17ClFN5O3/c21-15-3-11(4-16-20(15)30-10-19(28)24-16)8-27-14(6-13-7-23-26-25-13)9-29-18-5-12(22)1-2-17(18)27/h1-5,7,14H,6,8-10H2,(H,24,28)(H,23,25,26). The number of amides is 1. The number of nitrogens with zero attached hydrogens (tertiary/aromatic N) is 3. The fourth-order valence-corrected chi connectivity index (χ4v) is 4.06. The molecule has 0 aliphatic carbocycles. The summed E-state index contributed by atoms with van der Waals surface area (Å²) in [4.78, 5) is 13.8. The summed E-state index contributed by atoms with van der Waals surface area (Å²) < 4.78 is 25.0. The minimum atomic E-state index is -0.361. The molecule has 0 spiro atoms. The lowest BCUT2D eigenvalue weighted by molar-refractivity contribution is -0.118. The molecule has 0 bridgehead atoms. The van der Waals surface area contributed by atoms with Crippen molar-refractivity contribution in [2.75, 3.05) is 23.4 Å². The summed E-state index contributed by atoms with van der Waals surface area (Å²) in [7, 11) is 0. The zero-order valence-corrected chi connectivity index (χ0v) is 16.4. The first-order valence-electron chi connectivity index (χ1n) is 9.35. The molecule has 0 saturated carbocycles. The van der Waals surface area contributed by atoms with Crippen LogP contribution in [0.15, 0.2) is 36.5 Å². The molecule has 5 rings (SSSR count). The van der Waals surface area contributed by atoms with E-state index in [1.54, 1.807) is 12.3 Å². The van der Waals surface area contributed by atoms with Crippen molar-refractivity contribution in [2.45, 2.75) is 19.0 Å². The number of carbonyl (C=O) groups excluding carboxylic acids is 1. The molecule has 2 N–H and O–H groups in total. The van der Waals surface area contributed by atoms with E-state index < -0.39 is 0 Å². The highest BCUT2D eigenvalue weighted by molar-refractivity contribution is 6.33. The molecule has 0 saturated heterocycles. The Morgan fingerprint density at radius 1 is 1.27 bits per heavy atom. The minimum absolute atomic E-state index is 0.0613. The van der Waals surface area contributed by atoms with Crippen LogP contribution in [0.4, 0.5) is 15.8 Å². The Morgan fingerprint density at radius 2 is 2.17 bits per heavy atom. The van der Waals surface area contributed by atoms with Crippen molar-refractivity contribution >= 4 is 28.9 Å². The summed E-state index contributed by atoms with van der Waals surface area (Å²) in [5.74, 6) is 0.350. The van der Waals surface area contributed by atoms with Gasteiger partial charge in [-0.2, -0.15) is 15.4 Å². The topological polar surface area (TPSA) is 92.4 Å². The monoisotopic (exact) mass is 429 g/mol. The number of hydrogen-bond acceptors (Lipinski definition) is 6. The maximum atomic E-state index is 13.7. The molecule has 154 valence electrons. The number of aromatic nitrogens is 3. The van der Waals surface area contributed by atoms with E-state index in [1.807, 2.05) is 12.1 Å². The third kappa shape index (κ3) is 3.52. The molecule has 3 heterocycles. The van der Waals surface area contributed by atoms with Crippen molar-refractivity contribution in [3.63, 3.8) is 0 Å². The number of carbonyl (C=O) groups is 1. The van der Waals surface area contributed by atoms with Crippen LogP contribution in [0, 0.1) is 5.82 Å². The molecular formula is C20H17ClFN5O3. The van der Waals surface area contributed by atoms with Gasteiger partial charge in [-0.25, -0.2) is 4.39 Å². The Bertz CT molecular complexity index is 1110. The van der Waals surface area contributed by atoms with E-state index in [9.17, 15) is 9.18 Å². The molecule has 1 amide bonds. The Hall–Kier alpha value is -3.33. The Morgan fingerprint density at radius 3 is 3.00 bits per heavy atom. The molecule has 1 aromatic heterocycles. The smallest absolute Gasteiger partial charge is 0.262 e. The van der Waals surface area contributed by atoms with E-state index in [2.05, 4.69) is 25.6 Å². The number of ether oxygens (including phenoxy) is 2. The molecule has 1 unspecified atom stereocenters. The van der Waals surface area contributed by atoms with Gasteiger partial charge in [0.25, 0.3) is 5.91 Å². The first-order valence-corrected chi connectivity index (χ1v) is 9.73. The Balaban J connectivity index is 1.50. The molecule has 0 radical (unpaired) electrons. The van der Waals surface area contributed by atoms with Gasteiger partial charge in [0, 0.05) is 19.0 Å². The zero-order valence-electron chi connectivity index (χ0n) is 15.7. The Kier molecular flexibility index (Phi) is 4.66. The molecule has 2 aliphatic rings. The van der Waals surface area contributed by atoms with Crippen LogP contribution < -0.4 is 19.7 Å². The molecule has 3 aromatic rings. The first-order chi connectivity index (χ1) is 14.6. The summed E-state index contributed by atoms with van der Waals surface area (Å²) in [6.07, 6.45) is 2.26. The lowest BCUT2D eigenvalue weighted by Crippen LogP contribution is -2.44. The molecule has 2 aliphatic heterocycles. The second kappa shape index (κ2) is 7.49. The highest BCUT2D eigenvalue weighted by Crippen LogP contribution is 2.40. The number of nitrogens with one attached hydrogen (secondary N) is 2. The predicted molar refractivity (Wildman–Crippen MR) is 108 cm³/mol. The van der Waals surface area contributed by atoms with Gasteiger partial charge in [-0.3, -0.25) is 4.79 Å². The second-order valence-corrected chi connectivity index (χ2v) is 7.57. The van der Waals surface area contributed by atoms with Crippen LogP contribution in [-0.4, -0.2) is 40.6 Å². The highest BCUT2D eigenvalue weighted by Gasteiger charge is 2.30. The number of anilines is 2. The van der Waals surface area contributed by atoms with E-state index in [0.717, 1.165) is 16.9 Å². The van der Waals surface area contributed by atoms with Crippen molar-refractivity contribution in [3.05, 3.63) is 58.6 Å². The maximum absolute atomic E-state index is 13.7. The van der Waals surface area contributed by atoms with Crippen molar-refractivity contribution in [2.24, 2.45) is 0 Å². The summed E-state index contributed by atoms with van der Waals surface area (Å²) in [6, 6.07) is 8.07. The maximum Gasteiger partial charge on any atom is 0.262 e. The normalized spacial score (nSPS) is 17.5. The van der Waals surface area contributed by atoms with Gasteiger partial charge in [-0.1, -0.05) is 11.6 Å². The molecule has 1 atom stereocenters. The first kappa shape index (κ1) is 18.7. The number of rotatable bonds is 4. The molecule has 8 nitrogen and oxygen atoms in total. The number of H-pyrrole nitrogens is 1. The average Bonchev–Trinajstić information content (AvgIpc) is 3.22. The van der Waals surface area contributed by atoms with Gasteiger partial charge in [0.1, 0.15) is 18.2 Å². The molecule has 0 fully saturated rings. The van der Waals surface area contributed by atoms with Crippen molar-refractivity contribution < 1.29 is 18.7 Å². The number of hydrogen-bond donors (Lipinski definition) is 2.